The van der Waals surface area contributed by atoms with Crippen molar-refractivity contribution in [3.63, 3.8) is 0 Å². The van der Waals surface area contributed by atoms with Crippen LogP contribution in [-0.2, 0) is 11.2 Å². The van der Waals surface area contributed by atoms with E-state index in [1.807, 2.05) is 36.4 Å². The van der Waals surface area contributed by atoms with Crippen LogP contribution in [0.3, 0.4) is 0 Å². The van der Waals surface area contributed by atoms with Gasteiger partial charge in [0, 0.05) is 7.11 Å². The topological polar surface area (TPSA) is 39.4 Å². The summed E-state index contributed by atoms with van der Waals surface area (Å²) in [6, 6.07) is 13.0. The van der Waals surface area contributed by atoms with Crippen LogP contribution in [-0.4, -0.2) is 13.7 Å². The largest absolute Gasteiger partial charge is 0.456 e. The van der Waals surface area contributed by atoms with E-state index in [9.17, 15) is 4.79 Å². The third kappa shape index (κ3) is 2.13. The molecule has 3 heteroatoms. The Balaban J connectivity index is 2.24. The van der Waals surface area contributed by atoms with Crippen LogP contribution in [0.1, 0.15) is 5.56 Å². The molecule has 0 aliphatic heterocycles. The molecule has 19 heavy (non-hydrogen) atoms. The summed E-state index contributed by atoms with van der Waals surface area (Å²) in [5.74, 6) is 0. The van der Waals surface area contributed by atoms with Crippen LogP contribution in [0.15, 0.2) is 51.7 Å². The zero-order valence-corrected chi connectivity index (χ0v) is 10.7. The van der Waals surface area contributed by atoms with Crippen molar-refractivity contribution in [1.29, 1.82) is 0 Å². The fourth-order valence-electron chi connectivity index (χ4n) is 2.23. The van der Waals surface area contributed by atoms with Gasteiger partial charge in [0.15, 0.2) is 0 Å². The second kappa shape index (κ2) is 4.86. The third-order valence-corrected chi connectivity index (χ3v) is 3.24. The SMILES string of the molecule is COCCc1ccc2oc3ccccc3c(=O)c2c1. The average Bonchev–Trinajstić information content (AvgIpc) is 2.46. The summed E-state index contributed by atoms with van der Waals surface area (Å²) in [4.78, 5) is 12.4. The number of benzene rings is 2. The minimum atomic E-state index is 0.0242. The smallest absolute Gasteiger partial charge is 0.200 e. The van der Waals surface area contributed by atoms with Crippen LogP contribution in [0, 0.1) is 0 Å². The Morgan fingerprint density at radius 1 is 1.05 bits per heavy atom. The fourth-order valence-corrected chi connectivity index (χ4v) is 2.23. The molecule has 3 rings (SSSR count). The van der Waals surface area contributed by atoms with Crippen LogP contribution in [0.4, 0.5) is 0 Å². The monoisotopic (exact) mass is 254 g/mol. The lowest BCUT2D eigenvalue weighted by Crippen LogP contribution is -2.03. The Labute approximate surface area is 110 Å². The summed E-state index contributed by atoms with van der Waals surface area (Å²) < 4.78 is 10.8. The first-order chi connectivity index (χ1) is 9.29. The molecule has 0 atom stereocenters. The van der Waals surface area contributed by atoms with Crippen molar-refractivity contribution in [2.45, 2.75) is 6.42 Å². The molecule has 0 radical (unpaired) electrons. The van der Waals surface area contributed by atoms with Gasteiger partial charge in [-0.3, -0.25) is 4.79 Å². The standard InChI is InChI=1S/C16H14O3/c1-18-9-8-11-6-7-15-13(10-11)16(17)12-4-2-3-5-14(12)19-15/h2-7,10H,8-9H2,1H3. The van der Waals surface area contributed by atoms with Crippen molar-refractivity contribution in [2.75, 3.05) is 13.7 Å². The van der Waals surface area contributed by atoms with Crippen LogP contribution in [0.25, 0.3) is 21.9 Å². The molecular formula is C16H14O3. The van der Waals surface area contributed by atoms with Gasteiger partial charge >= 0.3 is 0 Å². The Morgan fingerprint density at radius 2 is 1.84 bits per heavy atom. The lowest BCUT2D eigenvalue weighted by molar-refractivity contribution is 0.202. The van der Waals surface area contributed by atoms with Crippen LogP contribution < -0.4 is 5.43 Å². The normalized spacial score (nSPS) is 11.2. The van der Waals surface area contributed by atoms with E-state index >= 15 is 0 Å². The quantitative estimate of drug-likeness (QED) is 0.674. The van der Waals surface area contributed by atoms with Gasteiger partial charge in [-0.05, 0) is 36.2 Å². The second-order valence-corrected chi connectivity index (χ2v) is 4.50. The number of para-hydroxylation sites is 1. The number of hydrogen-bond acceptors (Lipinski definition) is 3. The first kappa shape index (κ1) is 11.9. The third-order valence-electron chi connectivity index (χ3n) is 3.24. The average molecular weight is 254 g/mol. The second-order valence-electron chi connectivity index (χ2n) is 4.50. The molecule has 0 aliphatic carbocycles. The lowest BCUT2D eigenvalue weighted by Gasteiger charge is -2.04. The maximum atomic E-state index is 12.4. The fraction of sp³-hybridized carbons (Fsp3) is 0.188. The van der Waals surface area contributed by atoms with E-state index in [0.29, 0.717) is 28.5 Å². The number of ether oxygens (including phenoxy) is 1. The Morgan fingerprint density at radius 3 is 2.68 bits per heavy atom. The molecule has 1 heterocycles. The van der Waals surface area contributed by atoms with Gasteiger partial charge in [0.25, 0.3) is 0 Å². The van der Waals surface area contributed by atoms with Crippen molar-refractivity contribution < 1.29 is 9.15 Å². The van der Waals surface area contributed by atoms with E-state index in [-0.39, 0.29) is 5.43 Å². The summed E-state index contributed by atoms with van der Waals surface area (Å²) in [7, 11) is 1.67. The molecule has 1 aromatic heterocycles. The molecule has 3 aromatic rings. The number of hydrogen-bond donors (Lipinski definition) is 0. The van der Waals surface area contributed by atoms with E-state index < -0.39 is 0 Å². The molecule has 96 valence electrons. The predicted molar refractivity (Wildman–Crippen MR) is 75.6 cm³/mol. The van der Waals surface area contributed by atoms with E-state index in [4.69, 9.17) is 9.15 Å². The lowest BCUT2D eigenvalue weighted by atomic mass is 10.1. The molecule has 3 nitrogen and oxygen atoms in total. The van der Waals surface area contributed by atoms with Crippen LogP contribution in [0.5, 0.6) is 0 Å². The molecule has 0 amide bonds. The first-order valence-corrected chi connectivity index (χ1v) is 6.23. The highest BCUT2D eigenvalue weighted by molar-refractivity contribution is 5.89. The predicted octanol–water partition coefficient (Wildman–Crippen LogP) is 3.14. The highest BCUT2D eigenvalue weighted by Crippen LogP contribution is 2.19. The highest BCUT2D eigenvalue weighted by Gasteiger charge is 2.07. The maximum Gasteiger partial charge on any atom is 0.200 e. The molecule has 0 fully saturated rings. The molecule has 2 aromatic carbocycles. The molecule has 0 unspecified atom stereocenters. The highest BCUT2D eigenvalue weighted by atomic mass is 16.5. The summed E-state index contributed by atoms with van der Waals surface area (Å²) in [5, 5.41) is 1.26. The van der Waals surface area contributed by atoms with Gasteiger partial charge in [0.2, 0.25) is 5.43 Å². The molecule has 0 aliphatic rings. The minimum Gasteiger partial charge on any atom is -0.456 e. The van der Waals surface area contributed by atoms with Crippen molar-refractivity contribution in [3.05, 3.63) is 58.3 Å². The van der Waals surface area contributed by atoms with Crippen LogP contribution >= 0.6 is 0 Å². The Bertz CT molecular complexity index is 787. The summed E-state index contributed by atoms with van der Waals surface area (Å²) in [5.41, 5.74) is 2.36. The van der Waals surface area contributed by atoms with Crippen molar-refractivity contribution in [3.8, 4) is 0 Å². The summed E-state index contributed by atoms with van der Waals surface area (Å²) in [6.45, 7) is 0.643. The van der Waals surface area contributed by atoms with Gasteiger partial charge in [0.1, 0.15) is 11.2 Å². The molecule has 0 saturated carbocycles. The van der Waals surface area contributed by atoms with E-state index in [0.717, 1.165) is 12.0 Å². The van der Waals surface area contributed by atoms with Gasteiger partial charge < -0.3 is 9.15 Å². The van der Waals surface area contributed by atoms with Gasteiger partial charge in [-0.25, -0.2) is 0 Å². The first-order valence-electron chi connectivity index (χ1n) is 6.23. The zero-order chi connectivity index (χ0) is 13.2. The van der Waals surface area contributed by atoms with Gasteiger partial charge in [-0.15, -0.1) is 0 Å². The van der Waals surface area contributed by atoms with E-state index in [1.165, 1.54) is 0 Å². The maximum absolute atomic E-state index is 12.4. The Kier molecular flexibility index (Phi) is 3.05. The van der Waals surface area contributed by atoms with E-state index in [1.54, 1.807) is 13.2 Å². The summed E-state index contributed by atoms with van der Waals surface area (Å²) >= 11 is 0. The summed E-state index contributed by atoms with van der Waals surface area (Å²) in [6.07, 6.45) is 0.790. The van der Waals surface area contributed by atoms with Crippen molar-refractivity contribution >= 4 is 21.9 Å². The Hall–Kier alpha value is -2.13. The van der Waals surface area contributed by atoms with Crippen molar-refractivity contribution in [1.82, 2.24) is 0 Å². The van der Waals surface area contributed by atoms with Crippen molar-refractivity contribution in [2.24, 2.45) is 0 Å². The molecule has 0 spiro atoms. The molecule has 0 bridgehead atoms. The van der Waals surface area contributed by atoms with Gasteiger partial charge in [-0.1, -0.05) is 18.2 Å². The van der Waals surface area contributed by atoms with Gasteiger partial charge in [0.05, 0.1) is 17.4 Å². The number of methoxy groups -OCH3 is 1. The molecular weight excluding hydrogens is 240 g/mol. The van der Waals surface area contributed by atoms with Gasteiger partial charge in [-0.2, -0.15) is 0 Å². The number of rotatable bonds is 3. The van der Waals surface area contributed by atoms with E-state index in [2.05, 4.69) is 0 Å². The number of fused-ring (bicyclic) bond motifs is 2. The zero-order valence-electron chi connectivity index (χ0n) is 10.7. The molecule has 0 N–H and O–H groups in total. The molecule has 0 saturated heterocycles. The minimum absolute atomic E-state index is 0.0242. The van der Waals surface area contributed by atoms with Crippen LogP contribution in [0.2, 0.25) is 0 Å².